The third-order valence-corrected chi connectivity index (χ3v) is 15.8. The summed E-state index contributed by atoms with van der Waals surface area (Å²) in [5.41, 5.74) is 11.1. The van der Waals surface area contributed by atoms with Crippen LogP contribution in [0, 0.1) is 0 Å². The molecule has 0 fully saturated rings. The molecule has 0 saturated heterocycles. The Kier molecular flexibility index (Phi) is 7.16. The van der Waals surface area contributed by atoms with E-state index in [1.165, 1.54) is 74.0 Å². The molecule has 5 nitrogen and oxygen atoms in total. The van der Waals surface area contributed by atoms with Gasteiger partial charge in [0.2, 0.25) is 0 Å². The molecule has 0 N–H and O–H groups in total. The Hall–Kier alpha value is -8.84. The number of nitrogens with zero attached hydrogens (tertiary/aromatic N) is 5. The lowest BCUT2D eigenvalue weighted by molar-refractivity contribution is 1.08. The number of hydrogen-bond donors (Lipinski definition) is 0. The summed E-state index contributed by atoms with van der Waals surface area (Å²) < 4.78 is 9.94. The van der Waals surface area contributed by atoms with E-state index in [4.69, 9.17) is 9.97 Å². The number of fused-ring (bicyclic) bond motifs is 13. The van der Waals surface area contributed by atoms with E-state index >= 15 is 0 Å². The monoisotopic (exact) mass is 881 g/mol. The molecule has 11 aromatic carbocycles. The highest BCUT2D eigenvalue weighted by Gasteiger charge is 2.29. The summed E-state index contributed by atoms with van der Waals surface area (Å²) in [5.74, 6) is 1.57. The minimum Gasteiger partial charge on any atom is -0.309 e. The fraction of sp³-hybridized carbons (Fsp3) is 0. The molecule has 314 valence electrons. The van der Waals surface area contributed by atoms with Gasteiger partial charge in [-0.3, -0.25) is 4.57 Å². The van der Waals surface area contributed by atoms with Crippen LogP contribution in [0.5, 0.6) is 0 Å². The topological polar surface area (TPSA) is 40.6 Å². The summed E-state index contributed by atoms with van der Waals surface area (Å²) >= 11 is 1.82. The molecule has 0 amide bonds. The summed E-state index contributed by atoms with van der Waals surface area (Å²) in [6.07, 6.45) is 0. The maximum atomic E-state index is 5.88. The van der Waals surface area contributed by atoms with Crippen LogP contribution in [-0.4, -0.2) is 23.7 Å². The number of aromatic nitrogens is 5. The van der Waals surface area contributed by atoms with Gasteiger partial charge in [0.25, 0.3) is 0 Å². The van der Waals surface area contributed by atoms with Crippen LogP contribution in [0.3, 0.4) is 0 Å². The lowest BCUT2D eigenvalue weighted by Crippen LogP contribution is -2.03. The first-order chi connectivity index (χ1) is 33.8. The largest absolute Gasteiger partial charge is 0.309 e. The van der Waals surface area contributed by atoms with Gasteiger partial charge in [-0.1, -0.05) is 146 Å². The summed E-state index contributed by atoms with van der Waals surface area (Å²) in [4.78, 5) is 11.3. The van der Waals surface area contributed by atoms with Crippen LogP contribution in [0.2, 0.25) is 0 Å². The van der Waals surface area contributed by atoms with Gasteiger partial charge in [-0.25, -0.2) is 9.97 Å². The van der Waals surface area contributed by atoms with E-state index < -0.39 is 0 Å². The van der Waals surface area contributed by atoms with Gasteiger partial charge in [0.1, 0.15) is 5.82 Å². The second kappa shape index (κ2) is 13.4. The average Bonchev–Trinajstić information content (AvgIpc) is 4.14. The molecule has 0 radical (unpaired) electrons. The zero-order chi connectivity index (χ0) is 44.2. The fourth-order valence-electron chi connectivity index (χ4n) is 11.8. The van der Waals surface area contributed by atoms with E-state index in [-0.39, 0.29) is 0 Å². The zero-order valence-corrected chi connectivity index (χ0v) is 37.2. The molecule has 68 heavy (non-hydrogen) atoms. The Morgan fingerprint density at radius 3 is 1.69 bits per heavy atom. The number of thiophene rings is 1. The van der Waals surface area contributed by atoms with Gasteiger partial charge in [0.05, 0.1) is 44.3 Å². The van der Waals surface area contributed by atoms with Crippen LogP contribution in [0.1, 0.15) is 0 Å². The first-order valence-electron chi connectivity index (χ1n) is 23.2. The van der Waals surface area contributed by atoms with Crippen molar-refractivity contribution < 1.29 is 0 Å². The third kappa shape index (κ3) is 4.73. The normalized spacial score (nSPS) is 12.4. The van der Waals surface area contributed by atoms with Crippen molar-refractivity contribution in [3.8, 4) is 28.6 Å². The Balaban J connectivity index is 1.16. The Labute approximate surface area is 391 Å². The lowest BCUT2D eigenvalue weighted by atomic mass is 9.98. The minimum absolute atomic E-state index is 0.712. The van der Waals surface area contributed by atoms with Gasteiger partial charge in [-0.2, -0.15) is 0 Å². The highest BCUT2D eigenvalue weighted by Crippen LogP contribution is 2.51. The fourth-order valence-corrected chi connectivity index (χ4v) is 13.0. The molecule has 5 aromatic heterocycles. The van der Waals surface area contributed by atoms with E-state index in [1.54, 1.807) is 0 Å². The van der Waals surface area contributed by atoms with Crippen LogP contribution < -0.4 is 0 Å². The van der Waals surface area contributed by atoms with Crippen molar-refractivity contribution in [3.05, 3.63) is 212 Å². The Bertz CT molecular complexity index is 4790. The molecule has 0 aliphatic heterocycles. The van der Waals surface area contributed by atoms with Crippen molar-refractivity contribution in [2.24, 2.45) is 0 Å². The molecule has 0 bridgehead atoms. The number of hydrogen-bond acceptors (Lipinski definition) is 3. The standard InChI is InChI=1S/C62H35N5S/c1-2-18-39(19-3-1)65-49-28-11-7-23-44(49)56-51(65)34-37-32-33-38-35-52-57(45-24-8-12-29-50(45)66(52)48-30-14-17-36-16-4-5-20-40(36)48)59-55(38)54(37)58(56)67(59)62-43-22-6-10-27-47(43)63-61(64-62)46-26-15-25-42-41-21-9-13-31-53(41)68-60(42)46/h1-35H. The van der Waals surface area contributed by atoms with E-state index in [2.05, 4.69) is 226 Å². The number of para-hydroxylation sites is 4. The first-order valence-corrected chi connectivity index (χ1v) is 24.0. The molecular formula is C62H35N5S. The molecule has 0 spiro atoms. The van der Waals surface area contributed by atoms with Crippen molar-refractivity contribution in [1.82, 2.24) is 23.7 Å². The number of benzene rings is 11. The molecule has 6 heteroatoms. The van der Waals surface area contributed by atoms with Crippen molar-refractivity contribution in [1.29, 1.82) is 0 Å². The molecule has 16 rings (SSSR count). The van der Waals surface area contributed by atoms with Crippen molar-refractivity contribution in [3.63, 3.8) is 0 Å². The minimum atomic E-state index is 0.712. The number of rotatable bonds is 4. The van der Waals surface area contributed by atoms with Crippen molar-refractivity contribution in [2.75, 3.05) is 0 Å². The van der Waals surface area contributed by atoms with Gasteiger partial charge in [0, 0.05) is 74.5 Å². The highest BCUT2D eigenvalue weighted by molar-refractivity contribution is 7.26. The summed E-state index contributed by atoms with van der Waals surface area (Å²) in [5, 5.41) is 15.5. The van der Waals surface area contributed by atoms with Gasteiger partial charge in [-0.15, -0.1) is 11.3 Å². The second-order valence-electron chi connectivity index (χ2n) is 18.0. The van der Waals surface area contributed by atoms with E-state index in [1.807, 2.05) is 11.3 Å². The van der Waals surface area contributed by atoms with Crippen LogP contribution in [0.4, 0.5) is 0 Å². The van der Waals surface area contributed by atoms with Crippen LogP contribution in [0.15, 0.2) is 212 Å². The van der Waals surface area contributed by atoms with Crippen LogP contribution in [0.25, 0.3) is 147 Å². The second-order valence-corrected chi connectivity index (χ2v) is 19.1. The van der Waals surface area contributed by atoms with E-state index in [9.17, 15) is 0 Å². The van der Waals surface area contributed by atoms with Crippen LogP contribution in [-0.2, 0) is 0 Å². The van der Waals surface area contributed by atoms with Gasteiger partial charge >= 0.3 is 0 Å². The first kappa shape index (κ1) is 36.4. The molecule has 0 saturated carbocycles. The summed E-state index contributed by atoms with van der Waals surface area (Å²) in [7, 11) is 0. The molecule has 5 heterocycles. The molecule has 0 atom stereocenters. The molecule has 0 aliphatic rings. The predicted molar refractivity (Wildman–Crippen MR) is 287 cm³/mol. The van der Waals surface area contributed by atoms with E-state index in [0.29, 0.717) is 5.82 Å². The smallest absolute Gasteiger partial charge is 0.163 e. The third-order valence-electron chi connectivity index (χ3n) is 14.5. The molecular weight excluding hydrogens is 847 g/mol. The Morgan fingerprint density at radius 2 is 0.926 bits per heavy atom. The van der Waals surface area contributed by atoms with Crippen LogP contribution >= 0.6 is 11.3 Å². The van der Waals surface area contributed by atoms with E-state index in [0.717, 1.165) is 66.8 Å². The predicted octanol–water partition coefficient (Wildman–Crippen LogP) is 16.7. The zero-order valence-electron chi connectivity index (χ0n) is 36.4. The average molecular weight is 882 g/mol. The quantitative estimate of drug-likeness (QED) is 0.165. The maximum Gasteiger partial charge on any atom is 0.163 e. The summed E-state index contributed by atoms with van der Waals surface area (Å²) in [6.45, 7) is 0. The van der Waals surface area contributed by atoms with Gasteiger partial charge < -0.3 is 9.13 Å². The molecule has 0 unspecified atom stereocenters. The van der Waals surface area contributed by atoms with Gasteiger partial charge in [-0.05, 0) is 82.9 Å². The SMILES string of the molecule is c1ccc(-n2c3ccccc3c3c2cc2ccc4cc5c(c6ccccc6n5-c5cccc6ccccc56)c5c4c2c3n5-c2nc(-c3cccc4c3sc3ccccc34)nc3ccccc23)cc1. The molecule has 0 aliphatic carbocycles. The summed E-state index contributed by atoms with van der Waals surface area (Å²) in [6, 6.07) is 77.5. The lowest BCUT2D eigenvalue weighted by Gasteiger charge is -2.15. The maximum absolute atomic E-state index is 5.88. The van der Waals surface area contributed by atoms with Crippen molar-refractivity contribution in [2.45, 2.75) is 0 Å². The molecule has 16 aromatic rings. The highest BCUT2D eigenvalue weighted by atomic mass is 32.1. The Morgan fingerprint density at radius 1 is 0.353 bits per heavy atom. The van der Waals surface area contributed by atoms with Gasteiger partial charge in [0.15, 0.2) is 5.82 Å². The van der Waals surface area contributed by atoms with Crippen molar-refractivity contribution >= 4 is 129 Å².